The van der Waals surface area contributed by atoms with Gasteiger partial charge in [-0.1, -0.05) is 77.6 Å². The van der Waals surface area contributed by atoms with Gasteiger partial charge < -0.3 is 18.9 Å². The van der Waals surface area contributed by atoms with Crippen LogP contribution in [0.1, 0.15) is 92.6 Å². The Hall–Kier alpha value is -3.80. The van der Waals surface area contributed by atoms with Crippen molar-refractivity contribution in [1.82, 2.24) is 0 Å². The van der Waals surface area contributed by atoms with E-state index < -0.39 is 83.0 Å². The molecule has 0 unspecified atom stereocenters. The lowest BCUT2D eigenvalue weighted by Crippen LogP contribution is -2.56. The number of fused-ring (bicyclic) bond motifs is 2. The first-order valence-corrected chi connectivity index (χ1v) is 19.7. The number of carbonyl (C=O) groups excluding carboxylic acids is 5. The van der Waals surface area contributed by atoms with E-state index in [9.17, 15) is 37.1 Å². The normalized spacial score (nSPS) is 36.9. The summed E-state index contributed by atoms with van der Waals surface area (Å²) in [7, 11) is 0.770. The van der Waals surface area contributed by atoms with Gasteiger partial charge in [0.25, 0.3) is 5.60 Å². The van der Waals surface area contributed by atoms with Gasteiger partial charge in [0.05, 0.1) is 6.61 Å². The number of rotatable bonds is 12. The molecule has 0 saturated heterocycles. The fraction of sp³-hybridized carbons (Fsp3) is 0.659. The fourth-order valence-corrected chi connectivity index (χ4v) is 12.6. The van der Waals surface area contributed by atoms with E-state index in [1.165, 1.54) is 39.0 Å². The molecule has 12 heteroatoms. The summed E-state index contributed by atoms with van der Waals surface area (Å²) in [6, 6.07) is 6.42. The monoisotopic (exact) mass is 784 g/mol. The maximum absolute atomic E-state index is 14.5. The maximum Gasteiger partial charge on any atom is 0.432 e. The molecule has 0 N–H and O–H groups in total. The lowest BCUT2D eigenvalue weighted by molar-refractivity contribution is -0.276. The molecule has 5 aliphatic rings. The standard InChI is InChI=1S/C44H55F3O9/c1-24(22-54-38(52)43(53-9,44(45,46)47)30-13-11-10-12-14-30)25(2)36(51)37(56-29(6)49)27(4)35-33(55-28(5)48)21-40(8)34-16-15-31-26(3)32(50)17-18-41(31)23-42(34,41)20-19-39(35,40)7/h10-14,17-18,24,26-27,31,33-35,37H,2,15-16,19-23H2,1,3-9H3/t24-,26-,27-,31-,33-,34-,35-,37+,39+,40-,41+,42-,43+/m0/s1. The highest BCUT2D eigenvalue weighted by molar-refractivity contribution is 6.00. The van der Waals surface area contributed by atoms with Crippen LogP contribution in [0.4, 0.5) is 13.2 Å². The molecule has 5 aliphatic carbocycles. The fourth-order valence-electron chi connectivity index (χ4n) is 12.6. The minimum absolute atomic E-state index is 0.0217. The number of hydrogen-bond acceptors (Lipinski definition) is 9. The summed E-state index contributed by atoms with van der Waals surface area (Å²) in [6.45, 7) is 15.7. The van der Waals surface area contributed by atoms with Crippen LogP contribution in [0.25, 0.3) is 0 Å². The van der Waals surface area contributed by atoms with E-state index in [-0.39, 0.29) is 39.4 Å². The van der Waals surface area contributed by atoms with E-state index >= 15 is 0 Å². The quantitative estimate of drug-likeness (QED) is 0.118. The highest BCUT2D eigenvalue weighted by Crippen LogP contribution is 2.87. The lowest BCUT2D eigenvalue weighted by Gasteiger charge is -2.61. The zero-order valence-corrected chi connectivity index (χ0v) is 33.6. The van der Waals surface area contributed by atoms with E-state index in [4.69, 9.17) is 18.9 Å². The van der Waals surface area contributed by atoms with Crippen molar-refractivity contribution in [1.29, 1.82) is 0 Å². The van der Waals surface area contributed by atoms with Crippen molar-refractivity contribution in [2.24, 2.45) is 57.2 Å². The summed E-state index contributed by atoms with van der Waals surface area (Å²) in [6.07, 6.45) is 1.94. The van der Waals surface area contributed by atoms with Crippen molar-refractivity contribution in [3.63, 3.8) is 0 Å². The first-order valence-electron chi connectivity index (χ1n) is 19.7. The number of halogens is 3. The van der Waals surface area contributed by atoms with Gasteiger partial charge in [0.2, 0.25) is 0 Å². The molecule has 9 nitrogen and oxygen atoms in total. The predicted molar refractivity (Wildman–Crippen MR) is 198 cm³/mol. The average Bonchev–Trinajstić information content (AvgIpc) is 3.74. The van der Waals surface area contributed by atoms with E-state index in [0.717, 1.165) is 51.3 Å². The third kappa shape index (κ3) is 6.01. The minimum atomic E-state index is -5.18. The smallest absolute Gasteiger partial charge is 0.432 e. The summed E-state index contributed by atoms with van der Waals surface area (Å²) in [5, 5.41) is 0. The molecule has 0 aromatic heterocycles. The third-order valence-electron chi connectivity index (χ3n) is 15.5. The molecule has 306 valence electrons. The summed E-state index contributed by atoms with van der Waals surface area (Å²) in [5.41, 5.74) is -4.79. The highest BCUT2D eigenvalue weighted by Gasteiger charge is 2.82. The van der Waals surface area contributed by atoms with E-state index in [0.29, 0.717) is 12.3 Å². The van der Waals surface area contributed by atoms with Crippen LogP contribution in [0.3, 0.4) is 0 Å². The van der Waals surface area contributed by atoms with Gasteiger partial charge in [0, 0.05) is 50.2 Å². The second-order valence-corrected chi connectivity index (χ2v) is 17.9. The minimum Gasteiger partial charge on any atom is -0.462 e. The molecule has 6 rings (SSSR count). The van der Waals surface area contributed by atoms with Gasteiger partial charge in [-0.05, 0) is 83.7 Å². The number of ketones is 2. The largest absolute Gasteiger partial charge is 0.462 e. The Bertz CT molecular complexity index is 1820. The van der Waals surface area contributed by atoms with Crippen LogP contribution in [0.15, 0.2) is 54.6 Å². The van der Waals surface area contributed by atoms with Crippen molar-refractivity contribution in [3.8, 4) is 0 Å². The van der Waals surface area contributed by atoms with Crippen molar-refractivity contribution in [2.45, 2.75) is 111 Å². The molecule has 0 radical (unpaired) electrons. The number of alkyl halides is 3. The van der Waals surface area contributed by atoms with Crippen molar-refractivity contribution in [2.75, 3.05) is 13.7 Å². The topological polar surface area (TPSA) is 122 Å². The van der Waals surface area contributed by atoms with Crippen molar-refractivity contribution < 1.29 is 56.1 Å². The highest BCUT2D eigenvalue weighted by atomic mass is 19.4. The molecule has 1 aromatic carbocycles. The molecule has 0 heterocycles. The zero-order valence-electron chi connectivity index (χ0n) is 33.6. The number of ether oxygens (including phenoxy) is 4. The van der Waals surface area contributed by atoms with Gasteiger partial charge in [-0.3, -0.25) is 19.2 Å². The van der Waals surface area contributed by atoms with E-state index in [2.05, 4.69) is 26.5 Å². The zero-order chi connectivity index (χ0) is 41.4. The Morgan fingerprint density at radius 1 is 0.982 bits per heavy atom. The number of methoxy groups -OCH3 is 1. The Labute approximate surface area is 327 Å². The molecular weight excluding hydrogens is 729 g/mol. The number of allylic oxidation sites excluding steroid dienone is 2. The Kier molecular flexibility index (Phi) is 10.6. The molecular formula is C44H55F3O9. The third-order valence-corrected chi connectivity index (χ3v) is 15.5. The Morgan fingerprint density at radius 2 is 1.64 bits per heavy atom. The molecule has 1 aromatic rings. The number of esters is 3. The van der Waals surface area contributed by atoms with Gasteiger partial charge in [-0.25, -0.2) is 4.79 Å². The number of benzene rings is 1. The first-order chi connectivity index (χ1) is 26.1. The summed E-state index contributed by atoms with van der Waals surface area (Å²) in [4.78, 5) is 65.7. The van der Waals surface area contributed by atoms with Gasteiger partial charge in [-0.15, -0.1) is 0 Å². The molecule has 13 atom stereocenters. The molecule has 4 saturated carbocycles. The van der Waals surface area contributed by atoms with Gasteiger partial charge in [0.15, 0.2) is 17.7 Å². The van der Waals surface area contributed by atoms with Crippen LogP contribution >= 0.6 is 0 Å². The predicted octanol–water partition coefficient (Wildman–Crippen LogP) is 7.90. The van der Waals surface area contributed by atoms with Crippen LogP contribution in [-0.2, 0) is 48.5 Å². The molecule has 0 aliphatic heterocycles. The second-order valence-electron chi connectivity index (χ2n) is 17.9. The maximum atomic E-state index is 14.5. The Balaban J connectivity index is 1.26. The van der Waals surface area contributed by atoms with Crippen LogP contribution in [0.5, 0.6) is 0 Å². The van der Waals surface area contributed by atoms with Crippen LogP contribution in [-0.4, -0.2) is 61.6 Å². The number of hydrogen-bond donors (Lipinski definition) is 0. The molecule has 4 fully saturated rings. The van der Waals surface area contributed by atoms with Crippen molar-refractivity contribution in [3.05, 3.63) is 60.2 Å². The van der Waals surface area contributed by atoms with E-state index in [1.54, 1.807) is 6.08 Å². The molecule has 56 heavy (non-hydrogen) atoms. The van der Waals surface area contributed by atoms with Crippen LogP contribution in [0.2, 0.25) is 0 Å². The molecule has 2 spiro atoms. The number of carbonyl (C=O) groups is 5. The average molecular weight is 785 g/mol. The SMILES string of the molecule is C=C(C(=O)[C@H](OC(C)=O)[C@@H](C)[C@H]1[C@@H](OC(C)=O)C[C@@]2(C)[C@@H]3CC[C@H]4[C@H](C)C(=O)C=C[C@@]45C[C@@]35CC[C@]12C)[C@@H](C)COC(=O)[C@](OC)(c1ccccc1)C(F)(F)F. The first kappa shape index (κ1) is 41.8. The molecule has 0 amide bonds. The number of Topliss-reactive ketones (excluding diaryl/α,β-unsaturated/α-hetero) is 1. The molecule has 0 bridgehead atoms. The van der Waals surface area contributed by atoms with Gasteiger partial charge in [-0.2, -0.15) is 13.2 Å². The second kappa shape index (κ2) is 14.2. The summed E-state index contributed by atoms with van der Waals surface area (Å²) in [5.74, 6) is -4.90. The lowest BCUT2D eigenvalue weighted by atomic mass is 9.43. The van der Waals surface area contributed by atoms with Crippen molar-refractivity contribution >= 4 is 29.5 Å². The van der Waals surface area contributed by atoms with Gasteiger partial charge in [0.1, 0.15) is 6.10 Å². The van der Waals surface area contributed by atoms with Crippen LogP contribution < -0.4 is 0 Å². The summed E-state index contributed by atoms with van der Waals surface area (Å²) < 4.78 is 65.5. The van der Waals surface area contributed by atoms with E-state index in [1.807, 2.05) is 13.8 Å². The van der Waals surface area contributed by atoms with Crippen LogP contribution in [0, 0.1) is 57.2 Å². The van der Waals surface area contributed by atoms with Gasteiger partial charge >= 0.3 is 24.1 Å². The summed E-state index contributed by atoms with van der Waals surface area (Å²) >= 11 is 0. The Morgan fingerprint density at radius 3 is 2.23 bits per heavy atom.